The lowest BCUT2D eigenvalue weighted by molar-refractivity contribution is 0.102. The molecular weight excluding hydrogens is 322 g/mol. The van der Waals surface area contributed by atoms with Crippen molar-refractivity contribution < 1.29 is 4.79 Å². The van der Waals surface area contributed by atoms with Gasteiger partial charge in [-0.3, -0.25) is 4.79 Å². The van der Waals surface area contributed by atoms with Gasteiger partial charge in [0.2, 0.25) is 0 Å². The summed E-state index contributed by atoms with van der Waals surface area (Å²) >= 11 is 9.95. The molecule has 1 fully saturated rings. The molecule has 108 valence electrons. The van der Waals surface area contributed by atoms with Crippen molar-refractivity contribution in [2.75, 3.05) is 16.8 Å². The first-order valence-corrected chi connectivity index (χ1v) is 9.10. The van der Waals surface area contributed by atoms with Crippen molar-refractivity contribution in [1.29, 1.82) is 0 Å². The van der Waals surface area contributed by atoms with Crippen LogP contribution in [-0.2, 0) is 0 Å². The van der Waals surface area contributed by atoms with Gasteiger partial charge in [-0.15, -0.1) is 23.5 Å². The number of hydrogen-bond acceptors (Lipinski definition) is 3. The number of carbonyl (C=O) groups is 1. The molecule has 5 heteroatoms. The molecule has 2 aromatic rings. The predicted molar refractivity (Wildman–Crippen MR) is 93.5 cm³/mol. The molecule has 2 aromatic carbocycles. The molecule has 0 radical (unpaired) electrons. The van der Waals surface area contributed by atoms with Crippen LogP contribution in [0.1, 0.15) is 20.5 Å². The van der Waals surface area contributed by atoms with Crippen LogP contribution in [0, 0.1) is 0 Å². The van der Waals surface area contributed by atoms with E-state index in [1.807, 2.05) is 53.9 Å². The van der Waals surface area contributed by atoms with Crippen LogP contribution in [0.4, 0.5) is 5.69 Å². The maximum Gasteiger partial charge on any atom is 0.257 e. The van der Waals surface area contributed by atoms with E-state index < -0.39 is 0 Å². The highest BCUT2D eigenvalue weighted by atomic mass is 35.5. The second-order valence-corrected chi connectivity index (χ2v) is 7.76. The Balaban J connectivity index is 1.77. The molecule has 0 atom stereocenters. The van der Waals surface area contributed by atoms with Crippen molar-refractivity contribution in [1.82, 2.24) is 0 Å². The van der Waals surface area contributed by atoms with Crippen molar-refractivity contribution in [3.8, 4) is 0 Å². The highest BCUT2D eigenvalue weighted by Gasteiger charge is 2.18. The third-order valence-corrected chi connectivity index (χ3v) is 6.59. The number of nitrogens with one attached hydrogen (secondary N) is 1. The lowest BCUT2D eigenvalue weighted by Gasteiger charge is -2.11. The molecule has 2 nitrogen and oxygen atoms in total. The predicted octanol–water partition coefficient (Wildman–Crippen LogP) is 5.07. The first kappa shape index (κ1) is 14.8. The van der Waals surface area contributed by atoms with Gasteiger partial charge in [-0.2, -0.15) is 0 Å². The number of anilines is 1. The minimum absolute atomic E-state index is 0.176. The molecule has 1 N–H and O–H groups in total. The van der Waals surface area contributed by atoms with Crippen molar-refractivity contribution in [3.63, 3.8) is 0 Å². The third-order valence-electron chi connectivity index (χ3n) is 3.16. The summed E-state index contributed by atoms with van der Waals surface area (Å²) < 4.78 is 0.474. The molecule has 3 rings (SSSR count). The van der Waals surface area contributed by atoms with E-state index >= 15 is 0 Å². The summed E-state index contributed by atoms with van der Waals surface area (Å²) in [6, 6.07) is 15.1. The Morgan fingerprint density at radius 2 is 1.86 bits per heavy atom. The molecule has 0 unspecified atom stereocenters. The second kappa shape index (κ2) is 6.77. The summed E-state index contributed by atoms with van der Waals surface area (Å²) in [7, 11) is 0. The largest absolute Gasteiger partial charge is 0.322 e. The molecule has 0 aliphatic carbocycles. The number of rotatable bonds is 3. The van der Waals surface area contributed by atoms with Crippen LogP contribution in [0.15, 0.2) is 48.5 Å². The Morgan fingerprint density at radius 3 is 2.62 bits per heavy atom. The summed E-state index contributed by atoms with van der Waals surface area (Å²) in [6.45, 7) is 0. The van der Waals surface area contributed by atoms with Crippen LogP contribution < -0.4 is 5.32 Å². The smallest absolute Gasteiger partial charge is 0.257 e. The lowest BCUT2D eigenvalue weighted by Crippen LogP contribution is -2.12. The van der Waals surface area contributed by atoms with Gasteiger partial charge < -0.3 is 5.32 Å². The molecule has 1 heterocycles. The first-order chi connectivity index (χ1) is 10.2. The molecule has 1 aliphatic heterocycles. The Morgan fingerprint density at radius 1 is 1.10 bits per heavy atom. The molecule has 1 saturated heterocycles. The van der Waals surface area contributed by atoms with Gasteiger partial charge in [0.25, 0.3) is 5.91 Å². The van der Waals surface area contributed by atoms with Crippen LogP contribution in [0.2, 0.25) is 5.02 Å². The van der Waals surface area contributed by atoms with E-state index in [9.17, 15) is 4.79 Å². The molecular formula is C16H14ClNOS2. The van der Waals surface area contributed by atoms with Crippen LogP contribution in [0.3, 0.4) is 0 Å². The fourth-order valence-corrected chi connectivity index (χ4v) is 5.22. The van der Waals surface area contributed by atoms with Crippen molar-refractivity contribution >= 4 is 46.7 Å². The van der Waals surface area contributed by atoms with Gasteiger partial charge in [0.15, 0.2) is 0 Å². The first-order valence-electron chi connectivity index (χ1n) is 6.63. The van der Waals surface area contributed by atoms with Crippen molar-refractivity contribution in [3.05, 3.63) is 64.7 Å². The second-order valence-electron chi connectivity index (χ2n) is 4.63. The van der Waals surface area contributed by atoms with Crippen LogP contribution >= 0.6 is 35.1 Å². The van der Waals surface area contributed by atoms with Crippen LogP contribution in [0.5, 0.6) is 0 Å². The zero-order chi connectivity index (χ0) is 14.7. The number of amides is 1. The number of benzene rings is 2. The van der Waals surface area contributed by atoms with E-state index in [4.69, 9.17) is 11.6 Å². The summed E-state index contributed by atoms with van der Waals surface area (Å²) in [5.74, 6) is 2.20. The minimum atomic E-state index is -0.176. The zero-order valence-electron chi connectivity index (χ0n) is 11.2. The quantitative estimate of drug-likeness (QED) is 0.849. The summed E-state index contributed by atoms with van der Waals surface area (Å²) in [4.78, 5) is 12.3. The average Bonchev–Trinajstić information content (AvgIpc) is 3.02. The highest BCUT2D eigenvalue weighted by molar-refractivity contribution is 8.19. The van der Waals surface area contributed by atoms with Crippen molar-refractivity contribution in [2.24, 2.45) is 0 Å². The van der Waals surface area contributed by atoms with Gasteiger partial charge in [0.05, 0.1) is 15.2 Å². The van der Waals surface area contributed by atoms with Crippen LogP contribution in [0.25, 0.3) is 0 Å². The number of thioether (sulfide) groups is 2. The van der Waals surface area contributed by atoms with Gasteiger partial charge >= 0.3 is 0 Å². The van der Waals surface area contributed by atoms with Gasteiger partial charge in [0.1, 0.15) is 0 Å². The molecule has 1 amide bonds. The molecule has 0 bridgehead atoms. The monoisotopic (exact) mass is 335 g/mol. The fraction of sp³-hybridized carbons (Fsp3) is 0.188. The van der Waals surface area contributed by atoms with E-state index in [1.165, 1.54) is 17.1 Å². The van der Waals surface area contributed by atoms with E-state index in [1.54, 1.807) is 12.1 Å². The molecule has 0 saturated carbocycles. The summed E-state index contributed by atoms with van der Waals surface area (Å²) in [5.41, 5.74) is 2.55. The Labute approximate surface area is 137 Å². The topological polar surface area (TPSA) is 29.1 Å². The normalized spacial score (nSPS) is 15.1. The van der Waals surface area contributed by atoms with Gasteiger partial charge in [0, 0.05) is 17.2 Å². The van der Waals surface area contributed by atoms with Gasteiger partial charge in [-0.1, -0.05) is 35.9 Å². The minimum Gasteiger partial charge on any atom is -0.322 e. The third kappa shape index (κ3) is 3.57. The van der Waals surface area contributed by atoms with Crippen molar-refractivity contribution in [2.45, 2.75) is 4.58 Å². The van der Waals surface area contributed by atoms with Gasteiger partial charge in [-0.05, 0) is 29.8 Å². The molecule has 0 spiro atoms. The van der Waals surface area contributed by atoms with E-state index in [-0.39, 0.29) is 5.91 Å². The number of hydrogen-bond donors (Lipinski definition) is 1. The van der Waals surface area contributed by atoms with E-state index in [2.05, 4.69) is 11.4 Å². The molecule has 0 aromatic heterocycles. The number of halogens is 1. The van der Waals surface area contributed by atoms with Gasteiger partial charge in [-0.25, -0.2) is 0 Å². The van der Waals surface area contributed by atoms with E-state index in [0.29, 0.717) is 15.2 Å². The zero-order valence-corrected chi connectivity index (χ0v) is 13.6. The number of carbonyl (C=O) groups excluding carboxylic acids is 1. The lowest BCUT2D eigenvalue weighted by atomic mass is 10.2. The Hall–Kier alpha value is -1.10. The summed E-state index contributed by atoms with van der Waals surface area (Å²) in [5, 5.41) is 3.39. The standard InChI is InChI=1S/C16H14ClNOS2/c17-14-7-2-1-6-13(14)15(19)18-12-5-3-4-11(10-12)16-20-8-9-21-16/h1-7,10,16H,8-9H2,(H,18,19). The maximum atomic E-state index is 12.3. The Bertz CT molecular complexity index is 656. The maximum absolute atomic E-state index is 12.3. The fourth-order valence-electron chi connectivity index (χ4n) is 2.16. The molecule has 1 aliphatic rings. The van der Waals surface area contributed by atoms with E-state index in [0.717, 1.165) is 5.69 Å². The highest BCUT2D eigenvalue weighted by Crippen LogP contribution is 2.45. The Kier molecular flexibility index (Phi) is 4.78. The molecule has 21 heavy (non-hydrogen) atoms. The van der Waals surface area contributed by atoms with Crippen LogP contribution in [-0.4, -0.2) is 17.4 Å². The average molecular weight is 336 g/mol. The summed E-state index contributed by atoms with van der Waals surface area (Å²) in [6.07, 6.45) is 0. The SMILES string of the molecule is O=C(Nc1cccc(C2SCCS2)c1)c1ccccc1Cl.